The van der Waals surface area contributed by atoms with Gasteiger partial charge in [-0.2, -0.15) is 0 Å². The van der Waals surface area contributed by atoms with Gasteiger partial charge in [-0.05, 0) is 41.5 Å². The molecule has 0 aromatic carbocycles. The fraction of sp³-hybridized carbons (Fsp3) is 0.700. The van der Waals surface area contributed by atoms with Gasteiger partial charge in [-0.3, -0.25) is 0 Å². The maximum absolute atomic E-state index is 12.3. The molecule has 0 aromatic heterocycles. The van der Waals surface area contributed by atoms with Crippen LogP contribution < -0.4 is 0 Å². The van der Waals surface area contributed by atoms with Crippen LogP contribution in [0, 0.1) is 11.8 Å². The molecule has 0 N–H and O–H groups in total. The number of hydrogen-bond acceptors (Lipinski definition) is 4. The van der Waals surface area contributed by atoms with Crippen LogP contribution in [0.4, 0.5) is 9.59 Å². The number of amides is 2. The van der Waals surface area contributed by atoms with Crippen LogP contribution in [0.3, 0.4) is 0 Å². The molecule has 6 heteroatoms. The van der Waals surface area contributed by atoms with Gasteiger partial charge in [-0.25, -0.2) is 9.59 Å². The van der Waals surface area contributed by atoms with Crippen molar-refractivity contribution in [3.8, 4) is 0 Å². The molecule has 0 unspecified atom stereocenters. The molecule has 0 radical (unpaired) electrons. The zero-order valence-corrected chi connectivity index (χ0v) is 16.8. The lowest BCUT2D eigenvalue weighted by atomic mass is 9.87. The molecule has 0 aromatic rings. The topological polar surface area (TPSA) is 59.1 Å². The second kappa shape index (κ2) is 7.72. The van der Waals surface area contributed by atoms with Crippen LogP contribution in [0.15, 0.2) is 24.3 Å². The Kier molecular flexibility index (Phi) is 6.04. The molecule has 2 amide bonds. The molecule has 2 aliphatic rings. The van der Waals surface area contributed by atoms with Crippen LogP contribution in [-0.4, -0.2) is 59.4 Å². The summed E-state index contributed by atoms with van der Waals surface area (Å²) in [5, 5.41) is 0. The number of nitrogens with zero attached hydrogens (tertiary/aromatic N) is 2. The predicted octanol–water partition coefficient (Wildman–Crippen LogP) is 3.83. The number of ether oxygens (including phenoxy) is 2. The molecule has 2 atom stereocenters. The average Bonchev–Trinajstić information content (AvgIpc) is 2.52. The molecule has 0 saturated heterocycles. The minimum absolute atomic E-state index is 0.151. The largest absolute Gasteiger partial charge is 0.444 e. The van der Waals surface area contributed by atoms with Crippen molar-refractivity contribution in [3.63, 3.8) is 0 Å². The first-order chi connectivity index (χ1) is 11.9. The van der Waals surface area contributed by atoms with Crippen LogP contribution >= 0.6 is 0 Å². The van der Waals surface area contributed by atoms with E-state index in [1.807, 2.05) is 53.7 Å². The molecule has 0 bridgehead atoms. The Morgan fingerprint density at radius 3 is 1.42 bits per heavy atom. The van der Waals surface area contributed by atoms with Gasteiger partial charge in [0, 0.05) is 38.0 Å². The molecule has 26 heavy (non-hydrogen) atoms. The van der Waals surface area contributed by atoms with E-state index in [1.165, 1.54) is 0 Å². The van der Waals surface area contributed by atoms with Crippen molar-refractivity contribution in [1.82, 2.24) is 9.80 Å². The summed E-state index contributed by atoms with van der Waals surface area (Å²) in [6.45, 7) is 13.5. The maximum atomic E-state index is 12.3. The lowest BCUT2D eigenvalue weighted by Crippen LogP contribution is -2.46. The van der Waals surface area contributed by atoms with Gasteiger partial charge < -0.3 is 19.3 Å². The van der Waals surface area contributed by atoms with E-state index in [0.717, 1.165) is 0 Å². The van der Waals surface area contributed by atoms with Crippen molar-refractivity contribution in [1.29, 1.82) is 0 Å². The molecule has 2 aliphatic heterocycles. The van der Waals surface area contributed by atoms with Crippen LogP contribution in [0.1, 0.15) is 41.5 Å². The minimum Gasteiger partial charge on any atom is -0.444 e. The molecular weight excluding hydrogens is 332 g/mol. The molecule has 2 heterocycles. The van der Waals surface area contributed by atoms with Crippen LogP contribution in [0.2, 0.25) is 0 Å². The van der Waals surface area contributed by atoms with Gasteiger partial charge in [-0.1, -0.05) is 24.3 Å². The highest BCUT2D eigenvalue weighted by Gasteiger charge is 2.32. The maximum Gasteiger partial charge on any atom is 0.410 e. The predicted molar refractivity (Wildman–Crippen MR) is 101 cm³/mol. The van der Waals surface area contributed by atoms with E-state index in [0.29, 0.717) is 26.2 Å². The summed E-state index contributed by atoms with van der Waals surface area (Å²) in [6.07, 6.45) is 7.67. The summed E-state index contributed by atoms with van der Waals surface area (Å²) < 4.78 is 11.0. The molecule has 0 spiro atoms. The first kappa shape index (κ1) is 20.3. The van der Waals surface area contributed by atoms with Gasteiger partial charge in [-0.15, -0.1) is 0 Å². The van der Waals surface area contributed by atoms with Crippen LogP contribution in [0.5, 0.6) is 0 Å². The van der Waals surface area contributed by atoms with Crippen molar-refractivity contribution in [3.05, 3.63) is 24.3 Å². The summed E-state index contributed by atoms with van der Waals surface area (Å²) in [5.74, 6) is 0.301. The Balaban J connectivity index is 1.98. The third kappa shape index (κ3) is 6.07. The lowest BCUT2D eigenvalue weighted by molar-refractivity contribution is 0.0171. The number of rotatable bonds is 1. The van der Waals surface area contributed by atoms with Gasteiger partial charge >= 0.3 is 12.2 Å². The van der Waals surface area contributed by atoms with E-state index >= 15 is 0 Å². The quantitative estimate of drug-likeness (QED) is 0.664. The molecule has 2 rings (SSSR count). The van der Waals surface area contributed by atoms with E-state index in [1.54, 1.807) is 9.80 Å². The smallest absolute Gasteiger partial charge is 0.410 e. The molecule has 0 aliphatic carbocycles. The zero-order valence-electron chi connectivity index (χ0n) is 16.8. The van der Waals surface area contributed by atoms with E-state index in [9.17, 15) is 9.59 Å². The van der Waals surface area contributed by atoms with Gasteiger partial charge in [0.05, 0.1) is 0 Å². The SMILES string of the molecule is CC(C)(C)OC(=O)N1CC=C[C@@H]([C@H]2C=CCN(C(=O)OC(C)(C)C)C2)C1. The fourth-order valence-electron chi connectivity index (χ4n) is 3.01. The molecule has 6 nitrogen and oxygen atoms in total. The van der Waals surface area contributed by atoms with Crippen molar-refractivity contribution < 1.29 is 19.1 Å². The van der Waals surface area contributed by atoms with Gasteiger partial charge in [0.25, 0.3) is 0 Å². The third-order valence-electron chi connectivity index (χ3n) is 4.13. The normalized spacial score (nSPS) is 23.8. The number of hydrogen-bond donors (Lipinski definition) is 0. The lowest BCUT2D eigenvalue weighted by Gasteiger charge is -2.37. The summed E-state index contributed by atoms with van der Waals surface area (Å²) >= 11 is 0. The van der Waals surface area contributed by atoms with Gasteiger partial charge in [0.2, 0.25) is 0 Å². The van der Waals surface area contributed by atoms with Gasteiger partial charge in [0.15, 0.2) is 0 Å². The second-order valence-corrected chi connectivity index (χ2v) is 8.95. The van der Waals surface area contributed by atoms with Crippen LogP contribution in [0.25, 0.3) is 0 Å². The average molecular weight is 364 g/mol. The van der Waals surface area contributed by atoms with Crippen molar-refractivity contribution >= 4 is 12.2 Å². The highest BCUT2D eigenvalue weighted by Crippen LogP contribution is 2.26. The van der Waals surface area contributed by atoms with Crippen molar-refractivity contribution in [2.24, 2.45) is 11.8 Å². The fourth-order valence-corrected chi connectivity index (χ4v) is 3.01. The molecular formula is C20H32N2O4. The summed E-state index contributed by atoms with van der Waals surface area (Å²) in [6, 6.07) is 0. The van der Waals surface area contributed by atoms with E-state index in [2.05, 4.69) is 12.2 Å². The summed E-state index contributed by atoms with van der Waals surface area (Å²) in [5.41, 5.74) is -1.02. The third-order valence-corrected chi connectivity index (χ3v) is 4.13. The first-order valence-electron chi connectivity index (χ1n) is 9.24. The van der Waals surface area contributed by atoms with Crippen molar-refractivity contribution in [2.45, 2.75) is 52.7 Å². The summed E-state index contributed by atoms with van der Waals surface area (Å²) in [4.78, 5) is 28.1. The number of carbonyl (C=O) groups excluding carboxylic acids is 2. The first-order valence-corrected chi connectivity index (χ1v) is 9.24. The van der Waals surface area contributed by atoms with E-state index < -0.39 is 11.2 Å². The highest BCUT2D eigenvalue weighted by molar-refractivity contribution is 5.69. The molecule has 0 saturated carbocycles. The minimum atomic E-state index is -0.508. The Morgan fingerprint density at radius 2 is 1.12 bits per heavy atom. The standard InChI is InChI=1S/C20H32N2O4/c1-19(2,3)25-17(23)21-11-7-9-15(13-21)16-10-8-12-22(14-16)18(24)26-20(4,5)6/h7-10,15-16H,11-14H2,1-6H3/t15-,16+. The van der Waals surface area contributed by atoms with Crippen LogP contribution in [-0.2, 0) is 9.47 Å². The Hall–Kier alpha value is -1.98. The van der Waals surface area contributed by atoms with E-state index in [4.69, 9.17) is 9.47 Å². The Labute approximate surface area is 156 Å². The number of carbonyl (C=O) groups is 2. The molecule has 146 valence electrons. The zero-order chi connectivity index (χ0) is 19.5. The summed E-state index contributed by atoms with van der Waals surface area (Å²) in [7, 11) is 0. The molecule has 0 fully saturated rings. The highest BCUT2D eigenvalue weighted by atomic mass is 16.6. The Morgan fingerprint density at radius 1 is 0.769 bits per heavy atom. The monoisotopic (exact) mass is 364 g/mol. The Bertz CT molecular complexity index is 532. The second-order valence-electron chi connectivity index (χ2n) is 8.95. The van der Waals surface area contributed by atoms with Gasteiger partial charge in [0.1, 0.15) is 11.2 Å². The van der Waals surface area contributed by atoms with E-state index in [-0.39, 0.29) is 24.0 Å². The van der Waals surface area contributed by atoms with Crippen molar-refractivity contribution in [2.75, 3.05) is 26.2 Å².